The summed E-state index contributed by atoms with van der Waals surface area (Å²) in [6.07, 6.45) is 5.36. The van der Waals surface area contributed by atoms with Crippen LogP contribution in [0.3, 0.4) is 0 Å². The van der Waals surface area contributed by atoms with Crippen molar-refractivity contribution in [2.24, 2.45) is 0 Å². The van der Waals surface area contributed by atoms with Crippen LogP contribution in [0.2, 0.25) is 0 Å². The average Bonchev–Trinajstić information content (AvgIpc) is 3.04. The van der Waals surface area contributed by atoms with Crippen LogP contribution in [0.4, 0.5) is 11.6 Å². The van der Waals surface area contributed by atoms with Crippen LogP contribution in [0.25, 0.3) is 11.1 Å². The minimum Gasteiger partial charge on any atom is -0.442 e. The molecule has 3 aromatic heterocycles. The highest BCUT2D eigenvalue weighted by atomic mass is 16.5. The van der Waals surface area contributed by atoms with Gasteiger partial charge in [0.05, 0.1) is 24.1 Å². The monoisotopic (exact) mass is 370 g/mol. The Morgan fingerprint density at radius 1 is 1.41 bits per heavy atom. The predicted octanol–water partition coefficient (Wildman–Crippen LogP) is 2.59. The number of aromatic nitrogens is 4. The van der Waals surface area contributed by atoms with E-state index in [1.54, 1.807) is 31.0 Å². The van der Waals surface area contributed by atoms with E-state index in [0.717, 1.165) is 12.8 Å². The van der Waals surface area contributed by atoms with Crippen molar-refractivity contribution in [3.05, 3.63) is 29.9 Å². The third-order valence-electron chi connectivity index (χ3n) is 4.72. The second-order valence-corrected chi connectivity index (χ2v) is 7.03. The second-order valence-electron chi connectivity index (χ2n) is 7.03. The van der Waals surface area contributed by atoms with Crippen molar-refractivity contribution in [3.63, 3.8) is 0 Å². The lowest BCUT2D eigenvalue weighted by atomic mass is 10.1. The molecule has 9 nitrogen and oxygen atoms in total. The number of methoxy groups -OCH3 is 1. The standard InChI is InChI=1S/C18H22N6O3/c1-11-13(16(25)21-12-4-7-24(23-12)8-9-26-3)14-15(22-18(2)5-6-18)19-10-20-17(14)27-11/h4,7,10H,5-6,8-9H2,1-3H3,(H,19,20,22)(H,21,23,25). The van der Waals surface area contributed by atoms with E-state index in [1.807, 2.05) is 0 Å². The number of hydrogen-bond acceptors (Lipinski definition) is 7. The summed E-state index contributed by atoms with van der Waals surface area (Å²) in [5.74, 6) is 1.27. The Morgan fingerprint density at radius 3 is 2.96 bits per heavy atom. The van der Waals surface area contributed by atoms with Gasteiger partial charge in [0.1, 0.15) is 17.9 Å². The first-order valence-electron chi connectivity index (χ1n) is 8.85. The molecule has 27 heavy (non-hydrogen) atoms. The van der Waals surface area contributed by atoms with Crippen LogP contribution in [0.5, 0.6) is 0 Å². The fourth-order valence-corrected chi connectivity index (χ4v) is 2.93. The highest BCUT2D eigenvalue weighted by Gasteiger charge is 2.38. The Balaban J connectivity index is 1.63. The molecule has 3 aromatic rings. The third-order valence-corrected chi connectivity index (χ3v) is 4.72. The number of nitrogens with zero attached hydrogens (tertiary/aromatic N) is 4. The second kappa shape index (κ2) is 6.66. The molecule has 142 valence electrons. The van der Waals surface area contributed by atoms with Gasteiger partial charge in [0.2, 0.25) is 5.71 Å². The van der Waals surface area contributed by atoms with Crippen LogP contribution < -0.4 is 10.6 Å². The summed E-state index contributed by atoms with van der Waals surface area (Å²) in [6.45, 7) is 5.03. The average molecular weight is 370 g/mol. The molecule has 1 saturated carbocycles. The summed E-state index contributed by atoms with van der Waals surface area (Å²) in [7, 11) is 1.63. The molecule has 2 N–H and O–H groups in total. The van der Waals surface area contributed by atoms with E-state index in [4.69, 9.17) is 9.15 Å². The van der Waals surface area contributed by atoms with Gasteiger partial charge < -0.3 is 19.8 Å². The van der Waals surface area contributed by atoms with Gasteiger partial charge in [0.25, 0.3) is 5.91 Å². The number of nitrogens with one attached hydrogen (secondary N) is 2. The molecule has 4 rings (SSSR count). The Kier molecular flexibility index (Phi) is 4.31. The van der Waals surface area contributed by atoms with Gasteiger partial charge in [-0.1, -0.05) is 0 Å². The molecule has 0 bridgehead atoms. The maximum atomic E-state index is 12.9. The van der Waals surface area contributed by atoms with E-state index in [0.29, 0.717) is 47.2 Å². The van der Waals surface area contributed by atoms with Gasteiger partial charge in [0, 0.05) is 24.9 Å². The molecule has 0 radical (unpaired) electrons. The SMILES string of the molecule is COCCn1ccc(NC(=O)c2c(C)oc3ncnc(NC4(C)CC4)c23)n1. The Morgan fingerprint density at radius 2 is 2.22 bits per heavy atom. The molecule has 0 spiro atoms. The molecular formula is C18H22N6O3. The third kappa shape index (κ3) is 3.50. The van der Waals surface area contributed by atoms with E-state index in [9.17, 15) is 4.79 Å². The lowest BCUT2D eigenvalue weighted by molar-refractivity contribution is 0.102. The predicted molar refractivity (Wildman–Crippen MR) is 99.9 cm³/mol. The first-order chi connectivity index (χ1) is 13.0. The normalized spacial score (nSPS) is 15.1. The Bertz CT molecular complexity index is 988. The quantitative estimate of drug-likeness (QED) is 0.658. The van der Waals surface area contributed by atoms with Gasteiger partial charge in [0.15, 0.2) is 5.82 Å². The number of furan rings is 1. The number of hydrogen-bond donors (Lipinski definition) is 2. The van der Waals surface area contributed by atoms with Crippen LogP contribution in [0.15, 0.2) is 23.0 Å². The zero-order chi connectivity index (χ0) is 19.0. The first kappa shape index (κ1) is 17.5. The number of amides is 1. The molecule has 9 heteroatoms. The van der Waals surface area contributed by atoms with Crippen molar-refractivity contribution in [1.29, 1.82) is 0 Å². The molecule has 0 unspecified atom stereocenters. The summed E-state index contributed by atoms with van der Waals surface area (Å²) < 4.78 is 12.4. The molecule has 1 fully saturated rings. The summed E-state index contributed by atoms with van der Waals surface area (Å²) in [6, 6.07) is 1.74. The molecule has 0 atom stereocenters. The highest BCUT2D eigenvalue weighted by molar-refractivity contribution is 6.15. The van der Waals surface area contributed by atoms with Crippen molar-refractivity contribution in [3.8, 4) is 0 Å². The van der Waals surface area contributed by atoms with Crippen LogP contribution in [-0.4, -0.2) is 44.9 Å². The van der Waals surface area contributed by atoms with Gasteiger partial charge in [-0.2, -0.15) is 5.10 Å². The van der Waals surface area contributed by atoms with Gasteiger partial charge in [-0.25, -0.2) is 9.97 Å². The van der Waals surface area contributed by atoms with Crippen molar-refractivity contribution < 1.29 is 13.9 Å². The number of anilines is 2. The molecule has 1 aliphatic carbocycles. The van der Waals surface area contributed by atoms with E-state index in [2.05, 4.69) is 32.6 Å². The van der Waals surface area contributed by atoms with E-state index < -0.39 is 0 Å². The van der Waals surface area contributed by atoms with Crippen LogP contribution in [-0.2, 0) is 11.3 Å². The fourth-order valence-electron chi connectivity index (χ4n) is 2.93. The summed E-state index contributed by atoms with van der Waals surface area (Å²) >= 11 is 0. The molecule has 1 aliphatic rings. The highest BCUT2D eigenvalue weighted by Crippen LogP contribution is 2.40. The Labute approximate surface area is 156 Å². The number of carbonyl (C=O) groups excluding carboxylic acids is 1. The van der Waals surface area contributed by atoms with Crippen LogP contribution in [0, 0.1) is 6.92 Å². The molecule has 3 heterocycles. The maximum Gasteiger partial charge on any atom is 0.261 e. The zero-order valence-electron chi connectivity index (χ0n) is 15.6. The molecule has 0 aliphatic heterocycles. The minimum absolute atomic E-state index is 0.0142. The topological polar surface area (TPSA) is 107 Å². The lowest BCUT2D eigenvalue weighted by Gasteiger charge is -2.13. The van der Waals surface area contributed by atoms with Crippen LogP contribution in [0.1, 0.15) is 35.9 Å². The molecule has 0 aromatic carbocycles. The maximum absolute atomic E-state index is 12.9. The number of aryl methyl sites for hydroxylation is 1. The number of carbonyl (C=O) groups is 1. The molecule has 0 saturated heterocycles. The molecular weight excluding hydrogens is 348 g/mol. The van der Waals surface area contributed by atoms with Crippen molar-refractivity contribution >= 4 is 28.6 Å². The van der Waals surface area contributed by atoms with Gasteiger partial charge >= 0.3 is 0 Å². The van der Waals surface area contributed by atoms with E-state index >= 15 is 0 Å². The van der Waals surface area contributed by atoms with Crippen molar-refractivity contribution in [2.75, 3.05) is 24.4 Å². The smallest absolute Gasteiger partial charge is 0.261 e. The van der Waals surface area contributed by atoms with E-state index in [-0.39, 0.29) is 11.4 Å². The summed E-state index contributed by atoms with van der Waals surface area (Å²) in [5.41, 5.74) is 0.828. The van der Waals surface area contributed by atoms with Gasteiger partial charge in [-0.05, 0) is 26.7 Å². The largest absolute Gasteiger partial charge is 0.442 e. The summed E-state index contributed by atoms with van der Waals surface area (Å²) in [5, 5.41) is 11.2. The zero-order valence-corrected chi connectivity index (χ0v) is 15.6. The minimum atomic E-state index is -0.304. The van der Waals surface area contributed by atoms with Gasteiger partial charge in [-0.15, -0.1) is 0 Å². The lowest BCUT2D eigenvalue weighted by Crippen LogP contribution is -2.19. The number of ether oxygens (including phenoxy) is 1. The van der Waals surface area contributed by atoms with Crippen LogP contribution >= 0.6 is 0 Å². The first-order valence-corrected chi connectivity index (χ1v) is 8.85. The Hall–Kier alpha value is -2.94. The van der Waals surface area contributed by atoms with Crippen molar-refractivity contribution in [1.82, 2.24) is 19.7 Å². The molecule has 1 amide bonds. The number of fused-ring (bicyclic) bond motifs is 1. The number of rotatable bonds is 7. The summed E-state index contributed by atoms with van der Waals surface area (Å²) in [4.78, 5) is 21.4. The fraction of sp³-hybridized carbons (Fsp3) is 0.444. The van der Waals surface area contributed by atoms with Gasteiger partial charge in [-0.3, -0.25) is 9.48 Å². The van der Waals surface area contributed by atoms with E-state index in [1.165, 1.54) is 6.33 Å². The van der Waals surface area contributed by atoms with Crippen molar-refractivity contribution in [2.45, 2.75) is 38.8 Å².